The van der Waals surface area contributed by atoms with Gasteiger partial charge in [-0.2, -0.15) is 0 Å². The second-order valence-electron chi connectivity index (χ2n) is 2.06. The molecule has 0 amide bonds. The van der Waals surface area contributed by atoms with Crippen LogP contribution in [0.4, 0.5) is 0 Å². The van der Waals surface area contributed by atoms with Gasteiger partial charge in [-0.05, 0) is 18.4 Å². The Morgan fingerprint density at radius 2 is 2.27 bits per heavy atom. The fourth-order valence-electron chi connectivity index (χ4n) is 0.893. The van der Waals surface area contributed by atoms with Crippen molar-refractivity contribution in [1.82, 2.24) is 0 Å². The molecule has 58 valence electrons. The topological polar surface area (TPSA) is 0 Å². The van der Waals surface area contributed by atoms with E-state index >= 15 is 0 Å². The van der Waals surface area contributed by atoms with Crippen LogP contribution < -0.4 is 0 Å². The third-order valence-electron chi connectivity index (χ3n) is 1.44. The molecule has 0 bridgehead atoms. The third kappa shape index (κ3) is 1.88. The van der Waals surface area contributed by atoms with Gasteiger partial charge in [0.1, 0.15) is 0 Å². The molecule has 11 heavy (non-hydrogen) atoms. The summed E-state index contributed by atoms with van der Waals surface area (Å²) in [5.41, 5.74) is 1.18. The maximum Gasteiger partial charge on any atom is 0.0258 e. The number of thioether (sulfide) groups is 1. The number of halogens is 1. The molecule has 0 saturated carbocycles. The Hall–Kier alpha value is -0.210. The van der Waals surface area contributed by atoms with Crippen molar-refractivity contribution < 1.29 is 0 Å². The van der Waals surface area contributed by atoms with Crippen LogP contribution in [0, 0.1) is 0 Å². The van der Waals surface area contributed by atoms with E-state index in [1.54, 1.807) is 11.8 Å². The first-order chi connectivity index (χ1) is 5.29. The highest BCUT2D eigenvalue weighted by molar-refractivity contribution is 9.10. The molecule has 0 aliphatic heterocycles. The summed E-state index contributed by atoms with van der Waals surface area (Å²) in [6.45, 7) is 3.76. The van der Waals surface area contributed by atoms with Gasteiger partial charge in [0.05, 0.1) is 0 Å². The zero-order valence-electron chi connectivity index (χ0n) is 6.30. The minimum absolute atomic E-state index is 1.11. The largest absolute Gasteiger partial charge is 0.129 e. The second-order valence-corrected chi connectivity index (χ2v) is 3.76. The lowest BCUT2D eigenvalue weighted by Crippen LogP contribution is -1.79. The summed E-state index contributed by atoms with van der Waals surface area (Å²) < 4.78 is 1.11. The van der Waals surface area contributed by atoms with E-state index in [4.69, 9.17) is 0 Å². The Morgan fingerprint density at radius 1 is 1.55 bits per heavy atom. The Kier molecular flexibility index (Phi) is 3.21. The predicted octanol–water partition coefficient (Wildman–Crippen LogP) is 3.81. The number of benzene rings is 1. The van der Waals surface area contributed by atoms with E-state index in [1.165, 1.54) is 10.5 Å². The molecular formula is C9H9BrS. The fraction of sp³-hybridized carbons (Fsp3) is 0.111. The first kappa shape index (κ1) is 8.88. The molecule has 0 unspecified atom stereocenters. The number of rotatable bonds is 2. The molecule has 0 saturated heterocycles. The molecule has 0 aliphatic carbocycles. The maximum absolute atomic E-state index is 3.76. The summed E-state index contributed by atoms with van der Waals surface area (Å²) >= 11 is 5.20. The molecule has 0 atom stereocenters. The lowest BCUT2D eigenvalue weighted by Gasteiger charge is -2.03. The molecule has 0 N–H and O–H groups in total. The van der Waals surface area contributed by atoms with Crippen LogP contribution in [-0.4, -0.2) is 6.26 Å². The zero-order chi connectivity index (χ0) is 8.27. The summed E-state index contributed by atoms with van der Waals surface area (Å²) in [5, 5.41) is 0. The smallest absolute Gasteiger partial charge is 0.0258 e. The van der Waals surface area contributed by atoms with E-state index in [9.17, 15) is 0 Å². The summed E-state index contributed by atoms with van der Waals surface area (Å²) in [6, 6.07) is 6.14. The van der Waals surface area contributed by atoms with Crippen molar-refractivity contribution in [2.45, 2.75) is 4.90 Å². The van der Waals surface area contributed by atoms with E-state index in [0.717, 1.165) is 4.47 Å². The fourth-order valence-corrected chi connectivity index (χ4v) is 2.18. The third-order valence-corrected chi connectivity index (χ3v) is 2.92. The standard InChI is InChI=1S/C9H9BrS/c1-3-7-8(10)5-4-6-9(7)11-2/h3-6H,1H2,2H3. The van der Waals surface area contributed by atoms with Crippen LogP contribution in [0.5, 0.6) is 0 Å². The minimum atomic E-state index is 1.11. The average molecular weight is 229 g/mol. The molecule has 1 aromatic rings. The van der Waals surface area contributed by atoms with Crippen LogP contribution in [0.15, 0.2) is 34.1 Å². The monoisotopic (exact) mass is 228 g/mol. The summed E-state index contributed by atoms with van der Waals surface area (Å²) in [6.07, 6.45) is 3.94. The summed E-state index contributed by atoms with van der Waals surface area (Å²) in [7, 11) is 0. The van der Waals surface area contributed by atoms with Crippen LogP contribution in [0.3, 0.4) is 0 Å². The van der Waals surface area contributed by atoms with Crippen LogP contribution in [0.25, 0.3) is 6.08 Å². The van der Waals surface area contributed by atoms with E-state index in [-0.39, 0.29) is 0 Å². The quantitative estimate of drug-likeness (QED) is 0.695. The van der Waals surface area contributed by atoms with Crippen LogP contribution in [-0.2, 0) is 0 Å². The van der Waals surface area contributed by atoms with Crippen molar-refractivity contribution >= 4 is 33.8 Å². The molecule has 0 nitrogen and oxygen atoms in total. The van der Waals surface area contributed by atoms with Gasteiger partial charge in [-0.15, -0.1) is 11.8 Å². The molecule has 0 aliphatic rings. The van der Waals surface area contributed by atoms with Gasteiger partial charge in [-0.3, -0.25) is 0 Å². The van der Waals surface area contributed by atoms with Gasteiger partial charge in [0.2, 0.25) is 0 Å². The van der Waals surface area contributed by atoms with Gasteiger partial charge in [0.15, 0.2) is 0 Å². The highest BCUT2D eigenvalue weighted by Gasteiger charge is 1.99. The number of hydrogen-bond acceptors (Lipinski definition) is 1. The Balaban J connectivity index is 3.24. The van der Waals surface area contributed by atoms with Gasteiger partial charge < -0.3 is 0 Å². The SMILES string of the molecule is C=Cc1c(Br)cccc1SC. The van der Waals surface area contributed by atoms with Gasteiger partial charge in [0, 0.05) is 14.9 Å². The Labute approximate surface area is 79.8 Å². The molecule has 0 heterocycles. The van der Waals surface area contributed by atoms with Crippen molar-refractivity contribution in [3.05, 3.63) is 34.8 Å². The van der Waals surface area contributed by atoms with E-state index in [2.05, 4.69) is 34.8 Å². The van der Waals surface area contributed by atoms with Gasteiger partial charge in [-0.1, -0.05) is 34.7 Å². The summed E-state index contributed by atoms with van der Waals surface area (Å²) in [5.74, 6) is 0. The van der Waals surface area contributed by atoms with Crippen LogP contribution in [0.1, 0.15) is 5.56 Å². The molecule has 2 heteroatoms. The Bertz CT molecular complexity index is 268. The lowest BCUT2D eigenvalue weighted by atomic mass is 10.2. The molecule has 0 aromatic heterocycles. The van der Waals surface area contributed by atoms with Crippen molar-refractivity contribution in [2.75, 3.05) is 6.26 Å². The van der Waals surface area contributed by atoms with Crippen molar-refractivity contribution in [3.8, 4) is 0 Å². The average Bonchev–Trinajstić information content (AvgIpc) is 2.04. The maximum atomic E-state index is 3.76. The predicted molar refractivity (Wildman–Crippen MR) is 56.0 cm³/mol. The van der Waals surface area contributed by atoms with Gasteiger partial charge in [-0.25, -0.2) is 0 Å². The molecule has 0 radical (unpaired) electrons. The molecule has 1 rings (SSSR count). The summed E-state index contributed by atoms with van der Waals surface area (Å²) in [4.78, 5) is 1.26. The highest BCUT2D eigenvalue weighted by atomic mass is 79.9. The molecule has 0 spiro atoms. The van der Waals surface area contributed by atoms with Crippen molar-refractivity contribution in [2.24, 2.45) is 0 Å². The van der Waals surface area contributed by atoms with E-state index in [0.29, 0.717) is 0 Å². The second kappa shape index (κ2) is 3.98. The number of hydrogen-bond donors (Lipinski definition) is 0. The molecule has 0 fully saturated rings. The van der Waals surface area contributed by atoms with Gasteiger partial charge in [0.25, 0.3) is 0 Å². The van der Waals surface area contributed by atoms with Crippen molar-refractivity contribution in [1.29, 1.82) is 0 Å². The van der Waals surface area contributed by atoms with Gasteiger partial charge >= 0.3 is 0 Å². The minimum Gasteiger partial charge on any atom is -0.129 e. The normalized spacial score (nSPS) is 9.64. The molecule has 1 aromatic carbocycles. The first-order valence-corrected chi connectivity index (χ1v) is 5.26. The lowest BCUT2D eigenvalue weighted by molar-refractivity contribution is 1.40. The van der Waals surface area contributed by atoms with E-state index in [1.807, 2.05) is 18.2 Å². The first-order valence-electron chi connectivity index (χ1n) is 3.24. The Morgan fingerprint density at radius 3 is 2.73 bits per heavy atom. The van der Waals surface area contributed by atoms with Crippen LogP contribution in [0.2, 0.25) is 0 Å². The zero-order valence-corrected chi connectivity index (χ0v) is 8.71. The van der Waals surface area contributed by atoms with Crippen molar-refractivity contribution in [3.63, 3.8) is 0 Å². The molecular weight excluding hydrogens is 220 g/mol. The highest BCUT2D eigenvalue weighted by Crippen LogP contribution is 2.27. The van der Waals surface area contributed by atoms with Crippen LogP contribution >= 0.6 is 27.7 Å². The van der Waals surface area contributed by atoms with E-state index < -0.39 is 0 Å².